The Morgan fingerprint density at radius 2 is 1.29 bits per heavy atom. The van der Waals surface area contributed by atoms with Gasteiger partial charge in [-0.05, 0) is 16.7 Å². The first kappa shape index (κ1) is 18.3. The average molecular weight is 368 g/mol. The zero-order chi connectivity index (χ0) is 19.4. The van der Waals surface area contributed by atoms with Gasteiger partial charge >= 0.3 is 0 Å². The van der Waals surface area contributed by atoms with Crippen LogP contribution in [0.25, 0.3) is 0 Å². The van der Waals surface area contributed by atoms with E-state index < -0.39 is 5.60 Å². The Bertz CT molecular complexity index is 933. The van der Waals surface area contributed by atoms with Gasteiger partial charge in [-0.1, -0.05) is 103 Å². The normalized spacial score (nSPS) is 16.9. The van der Waals surface area contributed by atoms with Crippen molar-refractivity contribution < 1.29 is 9.84 Å². The predicted molar refractivity (Wildman–Crippen MR) is 113 cm³/mol. The van der Waals surface area contributed by atoms with E-state index in [1.807, 2.05) is 72.8 Å². The lowest BCUT2D eigenvalue weighted by atomic mass is 9.75. The van der Waals surface area contributed by atoms with Crippen molar-refractivity contribution in [1.82, 2.24) is 0 Å². The molecule has 0 spiro atoms. The number of hydrogen-bond acceptors (Lipinski definition) is 2. The van der Waals surface area contributed by atoms with Crippen LogP contribution in [0.4, 0.5) is 0 Å². The van der Waals surface area contributed by atoms with E-state index in [4.69, 9.17) is 4.74 Å². The third kappa shape index (κ3) is 3.28. The molecule has 1 aliphatic rings. The van der Waals surface area contributed by atoms with Crippen LogP contribution in [-0.4, -0.2) is 12.2 Å². The lowest BCUT2D eigenvalue weighted by Crippen LogP contribution is -2.31. The van der Waals surface area contributed by atoms with Crippen molar-refractivity contribution in [2.45, 2.75) is 17.9 Å². The second kappa shape index (κ2) is 7.87. The Labute approximate surface area is 166 Å². The van der Waals surface area contributed by atoms with Crippen molar-refractivity contribution in [3.8, 4) is 0 Å². The summed E-state index contributed by atoms with van der Waals surface area (Å²) in [6.07, 6.45) is 4.92. The van der Waals surface area contributed by atoms with Crippen LogP contribution in [0.5, 0.6) is 0 Å². The molecular formula is C26H24O2. The molecule has 0 amide bonds. The van der Waals surface area contributed by atoms with Crippen LogP contribution in [-0.2, 0) is 10.3 Å². The number of aliphatic hydroxyl groups is 1. The Kier molecular flexibility index (Phi) is 5.14. The van der Waals surface area contributed by atoms with Crippen LogP contribution >= 0.6 is 0 Å². The highest BCUT2D eigenvalue weighted by molar-refractivity contribution is 5.52. The molecule has 1 aliphatic carbocycles. The van der Waals surface area contributed by atoms with Crippen molar-refractivity contribution in [1.29, 1.82) is 0 Å². The number of ether oxygens (including phenoxy) is 1. The molecule has 0 saturated heterocycles. The Morgan fingerprint density at radius 1 is 0.786 bits per heavy atom. The Hall–Kier alpha value is -3.10. The summed E-state index contributed by atoms with van der Waals surface area (Å²) in [6, 6.07) is 30.0. The zero-order valence-electron chi connectivity index (χ0n) is 16.0. The van der Waals surface area contributed by atoms with Gasteiger partial charge < -0.3 is 9.84 Å². The van der Waals surface area contributed by atoms with Crippen molar-refractivity contribution in [3.63, 3.8) is 0 Å². The van der Waals surface area contributed by atoms with Crippen LogP contribution < -0.4 is 0 Å². The zero-order valence-corrected chi connectivity index (χ0v) is 16.0. The monoisotopic (exact) mass is 368 g/mol. The minimum Gasteiger partial charge on any atom is -0.501 e. The summed E-state index contributed by atoms with van der Waals surface area (Å²) in [7, 11) is 1.69. The smallest absolute Gasteiger partial charge is 0.143 e. The van der Waals surface area contributed by atoms with Gasteiger partial charge in [0.25, 0.3) is 0 Å². The van der Waals surface area contributed by atoms with Gasteiger partial charge in [0.2, 0.25) is 0 Å². The summed E-state index contributed by atoms with van der Waals surface area (Å²) in [5, 5.41) is 12.0. The summed E-state index contributed by atoms with van der Waals surface area (Å²) in [5.74, 6) is 1.04. The molecule has 1 N–H and O–H groups in total. The molecule has 0 aliphatic heterocycles. The van der Waals surface area contributed by atoms with Crippen LogP contribution in [0.2, 0.25) is 0 Å². The maximum Gasteiger partial charge on any atom is 0.143 e. The minimum atomic E-state index is -1.27. The third-order valence-electron chi connectivity index (χ3n) is 5.45. The highest BCUT2D eigenvalue weighted by atomic mass is 16.5. The lowest BCUT2D eigenvalue weighted by Gasteiger charge is -2.35. The lowest BCUT2D eigenvalue weighted by molar-refractivity contribution is 0.114. The van der Waals surface area contributed by atoms with Crippen molar-refractivity contribution in [3.05, 3.63) is 131 Å². The van der Waals surface area contributed by atoms with E-state index in [1.165, 1.54) is 5.56 Å². The fraction of sp³-hybridized carbons (Fsp3) is 0.154. The van der Waals surface area contributed by atoms with Gasteiger partial charge in [0, 0.05) is 17.9 Å². The first-order valence-corrected chi connectivity index (χ1v) is 9.57. The van der Waals surface area contributed by atoms with E-state index in [-0.39, 0.29) is 5.92 Å². The van der Waals surface area contributed by atoms with Crippen LogP contribution in [0.15, 0.2) is 114 Å². The Morgan fingerprint density at radius 3 is 1.79 bits per heavy atom. The largest absolute Gasteiger partial charge is 0.501 e. The highest BCUT2D eigenvalue weighted by Gasteiger charge is 2.38. The summed E-state index contributed by atoms with van der Waals surface area (Å²) in [4.78, 5) is 0. The topological polar surface area (TPSA) is 29.5 Å². The van der Waals surface area contributed by atoms with Gasteiger partial charge in [-0.25, -0.2) is 0 Å². The molecular weight excluding hydrogens is 344 g/mol. The molecule has 0 bridgehead atoms. The number of methoxy groups -OCH3 is 1. The quantitative estimate of drug-likeness (QED) is 0.638. The maximum atomic E-state index is 12.0. The molecule has 4 rings (SSSR count). The molecule has 0 heterocycles. The van der Waals surface area contributed by atoms with E-state index in [2.05, 4.69) is 30.3 Å². The van der Waals surface area contributed by atoms with E-state index in [0.29, 0.717) is 6.42 Å². The van der Waals surface area contributed by atoms with Crippen LogP contribution in [0.1, 0.15) is 29.0 Å². The Balaban J connectivity index is 1.83. The number of allylic oxidation sites excluding steroid dienone is 2. The van der Waals surface area contributed by atoms with Crippen LogP contribution in [0, 0.1) is 0 Å². The SMILES string of the molecule is COC1=C(C(O)(c2ccccc2)c2ccccc2)C=C[C@H](c2ccccc2)C1. The summed E-state index contributed by atoms with van der Waals surface area (Å²) in [5.41, 5.74) is 2.42. The van der Waals surface area contributed by atoms with E-state index in [1.54, 1.807) is 7.11 Å². The number of rotatable bonds is 5. The molecule has 0 aromatic heterocycles. The molecule has 0 radical (unpaired) electrons. The second-order valence-corrected chi connectivity index (χ2v) is 7.06. The summed E-state index contributed by atoms with van der Waals surface area (Å²) in [6.45, 7) is 0. The van der Waals surface area contributed by atoms with Gasteiger partial charge in [-0.3, -0.25) is 0 Å². The molecule has 0 saturated carbocycles. The minimum absolute atomic E-state index is 0.232. The van der Waals surface area contributed by atoms with Crippen molar-refractivity contribution >= 4 is 0 Å². The number of hydrogen-bond donors (Lipinski definition) is 1. The summed E-state index contributed by atoms with van der Waals surface area (Å²) < 4.78 is 5.81. The van der Waals surface area contributed by atoms with Gasteiger partial charge in [0.15, 0.2) is 0 Å². The highest BCUT2D eigenvalue weighted by Crippen LogP contribution is 2.43. The van der Waals surface area contributed by atoms with Crippen molar-refractivity contribution in [2.24, 2.45) is 0 Å². The maximum absolute atomic E-state index is 12.0. The van der Waals surface area contributed by atoms with Crippen LogP contribution in [0.3, 0.4) is 0 Å². The molecule has 140 valence electrons. The molecule has 28 heavy (non-hydrogen) atoms. The predicted octanol–water partition coefficient (Wildman–Crippen LogP) is 5.57. The first-order valence-electron chi connectivity index (χ1n) is 9.57. The average Bonchev–Trinajstić information content (AvgIpc) is 2.80. The molecule has 1 atom stereocenters. The third-order valence-corrected chi connectivity index (χ3v) is 5.45. The second-order valence-electron chi connectivity index (χ2n) is 7.06. The van der Waals surface area contributed by atoms with Gasteiger partial charge in [-0.15, -0.1) is 0 Å². The fourth-order valence-corrected chi connectivity index (χ4v) is 3.96. The summed E-state index contributed by atoms with van der Waals surface area (Å²) >= 11 is 0. The van der Waals surface area contributed by atoms with E-state index >= 15 is 0 Å². The molecule has 3 aromatic carbocycles. The van der Waals surface area contributed by atoms with E-state index in [0.717, 1.165) is 22.5 Å². The fourth-order valence-electron chi connectivity index (χ4n) is 3.96. The molecule has 2 nitrogen and oxygen atoms in total. The molecule has 0 unspecified atom stereocenters. The van der Waals surface area contributed by atoms with Gasteiger partial charge in [0.1, 0.15) is 11.4 Å². The standard InChI is InChI=1S/C26H24O2/c1-28-25-19-21(20-11-5-2-6-12-20)17-18-24(25)26(27,22-13-7-3-8-14-22)23-15-9-4-10-16-23/h2-18,21,27H,19H2,1H3/t21-/m0/s1. The molecule has 2 heteroatoms. The van der Waals surface area contributed by atoms with Gasteiger partial charge in [0.05, 0.1) is 7.11 Å². The van der Waals surface area contributed by atoms with Gasteiger partial charge in [-0.2, -0.15) is 0 Å². The molecule has 0 fully saturated rings. The first-order chi connectivity index (χ1) is 13.7. The van der Waals surface area contributed by atoms with E-state index in [9.17, 15) is 5.11 Å². The van der Waals surface area contributed by atoms with Crippen molar-refractivity contribution in [2.75, 3.05) is 7.11 Å². The molecule has 3 aromatic rings. The number of benzene rings is 3.